The Morgan fingerprint density at radius 1 is 1.30 bits per heavy atom. The Bertz CT molecular complexity index is 600. The quantitative estimate of drug-likeness (QED) is 0.909. The van der Waals surface area contributed by atoms with Crippen LogP contribution in [0.1, 0.15) is 43.4 Å². The van der Waals surface area contributed by atoms with E-state index in [4.69, 9.17) is 5.11 Å². The van der Waals surface area contributed by atoms with Gasteiger partial charge in [-0.3, -0.25) is 4.79 Å². The van der Waals surface area contributed by atoms with Crippen LogP contribution in [0.15, 0.2) is 24.3 Å². The highest BCUT2D eigenvalue weighted by Crippen LogP contribution is 2.18. The second-order valence-corrected chi connectivity index (χ2v) is 5.14. The molecular weight excluding hydrogens is 254 g/mol. The molecule has 0 bridgehead atoms. The lowest BCUT2D eigenvalue weighted by molar-refractivity contribution is -0.136. The predicted octanol–water partition coefficient (Wildman–Crippen LogP) is 2.72. The lowest BCUT2D eigenvalue weighted by Crippen LogP contribution is -2.05. The first kappa shape index (κ1) is 14.2. The Hall–Kier alpha value is -2.17. The van der Waals surface area contributed by atoms with E-state index in [9.17, 15) is 4.79 Å². The maximum absolute atomic E-state index is 10.6. The van der Waals surface area contributed by atoms with Gasteiger partial charge in [0, 0.05) is 12.3 Å². The summed E-state index contributed by atoms with van der Waals surface area (Å²) < 4.78 is 1.85. The van der Waals surface area contributed by atoms with E-state index in [-0.39, 0.29) is 6.42 Å². The van der Waals surface area contributed by atoms with E-state index in [2.05, 4.69) is 23.9 Å². The molecule has 1 heterocycles. The summed E-state index contributed by atoms with van der Waals surface area (Å²) in [4.78, 5) is 15.0. The molecule has 2 rings (SSSR count). The van der Waals surface area contributed by atoms with Crippen LogP contribution in [0.4, 0.5) is 0 Å². The van der Waals surface area contributed by atoms with Crippen LogP contribution in [-0.2, 0) is 11.2 Å². The van der Waals surface area contributed by atoms with Crippen molar-refractivity contribution in [1.29, 1.82) is 0 Å². The molecule has 0 spiro atoms. The molecule has 0 aliphatic heterocycles. The van der Waals surface area contributed by atoms with Crippen molar-refractivity contribution in [2.75, 3.05) is 0 Å². The number of aliphatic carboxylic acids is 1. The Morgan fingerprint density at radius 3 is 2.50 bits per heavy atom. The van der Waals surface area contributed by atoms with E-state index >= 15 is 0 Å². The largest absolute Gasteiger partial charge is 0.481 e. The van der Waals surface area contributed by atoms with Crippen molar-refractivity contribution in [2.24, 2.45) is 0 Å². The molecule has 5 nitrogen and oxygen atoms in total. The van der Waals surface area contributed by atoms with Gasteiger partial charge in [0.05, 0.1) is 5.69 Å². The molecule has 20 heavy (non-hydrogen) atoms. The van der Waals surface area contributed by atoms with Gasteiger partial charge in [-0.1, -0.05) is 26.0 Å². The highest BCUT2D eigenvalue weighted by atomic mass is 16.4. The summed E-state index contributed by atoms with van der Waals surface area (Å²) in [5.74, 6) is 1.20. The van der Waals surface area contributed by atoms with E-state index in [0.29, 0.717) is 12.3 Å². The predicted molar refractivity (Wildman–Crippen MR) is 76.1 cm³/mol. The molecule has 0 aliphatic carbocycles. The summed E-state index contributed by atoms with van der Waals surface area (Å²) in [5.41, 5.74) is 1.97. The van der Waals surface area contributed by atoms with Gasteiger partial charge in [-0.05, 0) is 31.0 Å². The van der Waals surface area contributed by atoms with Crippen LogP contribution in [-0.4, -0.2) is 25.8 Å². The Balaban J connectivity index is 2.23. The average Bonchev–Trinajstić information content (AvgIpc) is 2.79. The van der Waals surface area contributed by atoms with Crippen LogP contribution in [0.25, 0.3) is 5.69 Å². The minimum absolute atomic E-state index is 0.152. The Morgan fingerprint density at radius 2 is 1.95 bits per heavy atom. The van der Waals surface area contributed by atoms with Crippen LogP contribution in [0, 0.1) is 6.92 Å². The molecule has 0 fully saturated rings. The van der Waals surface area contributed by atoms with Crippen LogP contribution in [0.3, 0.4) is 0 Å². The third-order valence-electron chi connectivity index (χ3n) is 3.06. The molecular formula is C15H19N3O2. The average molecular weight is 273 g/mol. The lowest BCUT2D eigenvalue weighted by atomic mass is 10.1. The fourth-order valence-corrected chi connectivity index (χ4v) is 2.05. The molecule has 0 radical (unpaired) electrons. The van der Waals surface area contributed by atoms with Crippen molar-refractivity contribution >= 4 is 5.97 Å². The fraction of sp³-hybridized carbons (Fsp3) is 0.400. The SMILES string of the molecule is Cc1nc(C(C)C)n(-c2ccc(CCC(=O)O)cc2)n1. The number of aromatic nitrogens is 3. The zero-order chi connectivity index (χ0) is 14.7. The van der Waals surface area contributed by atoms with Crippen LogP contribution in [0.2, 0.25) is 0 Å². The van der Waals surface area contributed by atoms with E-state index in [0.717, 1.165) is 22.9 Å². The number of aryl methyl sites for hydroxylation is 2. The second kappa shape index (κ2) is 5.86. The maximum Gasteiger partial charge on any atom is 0.303 e. The molecule has 0 aliphatic rings. The number of hydrogen-bond acceptors (Lipinski definition) is 3. The summed E-state index contributed by atoms with van der Waals surface area (Å²) in [7, 11) is 0. The smallest absolute Gasteiger partial charge is 0.303 e. The standard InChI is InChI=1S/C15H19N3O2/c1-10(2)15-16-11(3)17-18(15)13-7-4-12(5-8-13)6-9-14(19)20/h4-5,7-8,10H,6,9H2,1-3H3,(H,19,20). The summed E-state index contributed by atoms with van der Waals surface area (Å²) >= 11 is 0. The van der Waals surface area contributed by atoms with Crippen molar-refractivity contribution in [2.45, 2.75) is 39.5 Å². The fourth-order valence-electron chi connectivity index (χ4n) is 2.05. The first-order valence-electron chi connectivity index (χ1n) is 6.72. The van der Waals surface area contributed by atoms with Gasteiger partial charge in [0.15, 0.2) is 0 Å². The number of benzene rings is 1. The lowest BCUT2D eigenvalue weighted by Gasteiger charge is -2.09. The van der Waals surface area contributed by atoms with Gasteiger partial charge >= 0.3 is 5.97 Å². The Labute approximate surface area is 118 Å². The zero-order valence-corrected chi connectivity index (χ0v) is 12.0. The van der Waals surface area contributed by atoms with Gasteiger partial charge in [0.25, 0.3) is 0 Å². The topological polar surface area (TPSA) is 68.0 Å². The monoisotopic (exact) mass is 273 g/mol. The van der Waals surface area contributed by atoms with Gasteiger partial charge in [-0.15, -0.1) is 0 Å². The zero-order valence-electron chi connectivity index (χ0n) is 12.0. The summed E-state index contributed by atoms with van der Waals surface area (Å²) in [6, 6.07) is 7.80. The maximum atomic E-state index is 10.6. The molecule has 1 aromatic carbocycles. The van der Waals surface area contributed by atoms with Crippen molar-refractivity contribution in [3.63, 3.8) is 0 Å². The normalized spacial score (nSPS) is 11.0. The molecule has 5 heteroatoms. The number of nitrogens with zero attached hydrogens (tertiary/aromatic N) is 3. The number of hydrogen-bond donors (Lipinski definition) is 1. The summed E-state index contributed by atoms with van der Waals surface area (Å²) in [6.07, 6.45) is 0.696. The molecule has 0 atom stereocenters. The highest BCUT2D eigenvalue weighted by molar-refractivity contribution is 5.67. The van der Waals surface area contributed by atoms with E-state index in [1.165, 1.54) is 0 Å². The van der Waals surface area contributed by atoms with Crippen molar-refractivity contribution in [3.05, 3.63) is 41.5 Å². The van der Waals surface area contributed by atoms with Gasteiger partial charge < -0.3 is 5.11 Å². The summed E-state index contributed by atoms with van der Waals surface area (Å²) in [6.45, 7) is 6.05. The molecule has 106 valence electrons. The van der Waals surface area contributed by atoms with Gasteiger partial charge in [-0.25, -0.2) is 9.67 Å². The number of carboxylic acids is 1. The Kier molecular flexibility index (Phi) is 4.17. The molecule has 1 N–H and O–H groups in total. The molecule has 2 aromatic rings. The first-order chi connectivity index (χ1) is 9.47. The van der Waals surface area contributed by atoms with Crippen LogP contribution < -0.4 is 0 Å². The number of carboxylic acid groups (broad SMARTS) is 1. The van der Waals surface area contributed by atoms with Crippen LogP contribution in [0.5, 0.6) is 0 Å². The minimum atomic E-state index is -0.775. The van der Waals surface area contributed by atoms with Crippen molar-refractivity contribution in [1.82, 2.24) is 14.8 Å². The molecule has 0 saturated heterocycles. The molecule has 0 unspecified atom stereocenters. The minimum Gasteiger partial charge on any atom is -0.481 e. The third kappa shape index (κ3) is 3.23. The number of rotatable bonds is 5. The second-order valence-electron chi connectivity index (χ2n) is 5.14. The highest BCUT2D eigenvalue weighted by Gasteiger charge is 2.12. The van der Waals surface area contributed by atoms with E-state index in [1.807, 2.05) is 35.9 Å². The van der Waals surface area contributed by atoms with Gasteiger partial charge in [0.2, 0.25) is 0 Å². The molecule has 0 saturated carbocycles. The van der Waals surface area contributed by atoms with Crippen molar-refractivity contribution in [3.8, 4) is 5.69 Å². The third-order valence-corrected chi connectivity index (χ3v) is 3.06. The molecule has 0 amide bonds. The van der Waals surface area contributed by atoms with Crippen molar-refractivity contribution < 1.29 is 9.90 Å². The van der Waals surface area contributed by atoms with E-state index in [1.54, 1.807) is 0 Å². The first-order valence-corrected chi connectivity index (χ1v) is 6.72. The summed E-state index contributed by atoms with van der Waals surface area (Å²) in [5, 5.41) is 13.1. The van der Waals surface area contributed by atoms with Gasteiger partial charge in [-0.2, -0.15) is 5.10 Å². The van der Waals surface area contributed by atoms with E-state index < -0.39 is 5.97 Å². The number of carbonyl (C=O) groups is 1. The van der Waals surface area contributed by atoms with Gasteiger partial charge in [0.1, 0.15) is 11.6 Å². The molecule has 1 aromatic heterocycles. The van der Waals surface area contributed by atoms with Crippen LogP contribution >= 0.6 is 0 Å².